The highest BCUT2D eigenvalue weighted by molar-refractivity contribution is 6.30. The number of rotatable bonds is 9. The van der Waals surface area contributed by atoms with Gasteiger partial charge in [-0.15, -0.1) is 0 Å². The predicted octanol–water partition coefficient (Wildman–Crippen LogP) is 2.97. The topological polar surface area (TPSA) is 53.6 Å². The van der Waals surface area contributed by atoms with Gasteiger partial charge in [-0.2, -0.15) is 0 Å². The second kappa shape index (κ2) is 10.7. The summed E-state index contributed by atoms with van der Waals surface area (Å²) < 4.78 is 18.4. The Morgan fingerprint density at radius 2 is 2.03 bits per heavy atom. The van der Waals surface area contributed by atoms with E-state index in [4.69, 9.17) is 16.3 Å². The molecule has 2 aromatic rings. The summed E-state index contributed by atoms with van der Waals surface area (Å²) >= 11 is 6.12. The molecule has 3 rings (SSSR count). The lowest BCUT2D eigenvalue weighted by Gasteiger charge is -2.23. The van der Waals surface area contributed by atoms with Crippen LogP contribution in [0.5, 0.6) is 0 Å². The fourth-order valence-electron chi connectivity index (χ4n) is 3.67. The van der Waals surface area contributed by atoms with Crippen molar-refractivity contribution < 1.29 is 13.9 Å². The summed E-state index contributed by atoms with van der Waals surface area (Å²) in [7, 11) is 1.61. The molecule has 1 aliphatic heterocycles. The molecule has 29 heavy (non-hydrogen) atoms. The summed E-state index contributed by atoms with van der Waals surface area (Å²) in [6, 6.07) is 14.2. The maximum atomic E-state index is 13.4. The zero-order valence-electron chi connectivity index (χ0n) is 16.5. The number of amides is 1. The summed E-state index contributed by atoms with van der Waals surface area (Å²) in [5.74, 6) is -0.243. The van der Waals surface area contributed by atoms with Crippen molar-refractivity contribution in [2.24, 2.45) is 0 Å². The molecule has 0 aromatic heterocycles. The van der Waals surface area contributed by atoms with Crippen molar-refractivity contribution in [2.75, 3.05) is 26.8 Å². The maximum Gasteiger partial charge on any atom is 0.237 e. The Morgan fingerprint density at radius 1 is 1.24 bits per heavy atom. The van der Waals surface area contributed by atoms with E-state index in [1.807, 2.05) is 30.3 Å². The van der Waals surface area contributed by atoms with Gasteiger partial charge in [0.05, 0.1) is 12.6 Å². The number of ether oxygens (including phenoxy) is 1. The number of nitrogens with one attached hydrogen (secondary N) is 2. The summed E-state index contributed by atoms with van der Waals surface area (Å²) in [5.41, 5.74) is 1.96. The SMILES string of the molecule is COCCNC(=O)[C@@H]1C[C@H](NCc2cccc(F)c2)CN1Cc1cccc(Cl)c1. The normalized spacial score (nSPS) is 19.4. The van der Waals surface area contributed by atoms with Gasteiger partial charge in [-0.25, -0.2) is 4.39 Å². The second-order valence-electron chi connectivity index (χ2n) is 7.30. The van der Waals surface area contributed by atoms with Crippen LogP contribution in [-0.2, 0) is 22.6 Å². The molecule has 1 aliphatic rings. The lowest BCUT2D eigenvalue weighted by molar-refractivity contribution is -0.125. The summed E-state index contributed by atoms with van der Waals surface area (Å²) in [4.78, 5) is 14.9. The largest absolute Gasteiger partial charge is 0.383 e. The molecule has 0 aliphatic carbocycles. The Bertz CT molecular complexity index is 820. The maximum absolute atomic E-state index is 13.4. The molecule has 1 fully saturated rings. The number of hydrogen-bond acceptors (Lipinski definition) is 4. The van der Waals surface area contributed by atoms with Crippen LogP contribution >= 0.6 is 11.6 Å². The fourth-order valence-corrected chi connectivity index (χ4v) is 3.88. The Labute approximate surface area is 176 Å². The summed E-state index contributed by atoms with van der Waals surface area (Å²) in [6.45, 7) is 2.89. The molecule has 0 spiro atoms. The van der Waals surface area contributed by atoms with Crippen LogP contribution in [0.15, 0.2) is 48.5 Å². The molecule has 1 heterocycles. The third-order valence-corrected chi connectivity index (χ3v) is 5.31. The van der Waals surface area contributed by atoms with Crippen LogP contribution < -0.4 is 10.6 Å². The van der Waals surface area contributed by atoms with E-state index >= 15 is 0 Å². The molecular weight excluding hydrogens is 393 g/mol. The highest BCUT2D eigenvalue weighted by Crippen LogP contribution is 2.22. The minimum atomic E-state index is -0.242. The number of likely N-dealkylation sites (tertiary alicyclic amines) is 1. The number of carbonyl (C=O) groups is 1. The monoisotopic (exact) mass is 419 g/mol. The summed E-state index contributed by atoms with van der Waals surface area (Å²) in [6.07, 6.45) is 0.689. The van der Waals surface area contributed by atoms with Gasteiger partial charge in [-0.05, 0) is 41.8 Å². The van der Waals surface area contributed by atoms with Crippen molar-refractivity contribution in [3.8, 4) is 0 Å². The van der Waals surface area contributed by atoms with Gasteiger partial charge in [0.1, 0.15) is 5.82 Å². The van der Waals surface area contributed by atoms with E-state index in [0.29, 0.717) is 37.7 Å². The Hall–Kier alpha value is -1.99. The first kappa shape index (κ1) is 21.7. The molecule has 0 bridgehead atoms. The van der Waals surface area contributed by atoms with Crippen molar-refractivity contribution in [1.29, 1.82) is 0 Å². The Kier molecular flexibility index (Phi) is 8.00. The first-order valence-corrected chi connectivity index (χ1v) is 10.2. The van der Waals surface area contributed by atoms with E-state index in [-0.39, 0.29) is 23.8 Å². The smallest absolute Gasteiger partial charge is 0.237 e. The quantitative estimate of drug-likeness (QED) is 0.613. The number of benzene rings is 2. The molecule has 2 aromatic carbocycles. The van der Waals surface area contributed by atoms with Crippen molar-refractivity contribution in [1.82, 2.24) is 15.5 Å². The van der Waals surface area contributed by atoms with Crippen LogP contribution in [0.3, 0.4) is 0 Å². The third-order valence-electron chi connectivity index (χ3n) is 5.07. The van der Waals surface area contributed by atoms with E-state index in [9.17, 15) is 9.18 Å². The van der Waals surface area contributed by atoms with E-state index in [0.717, 1.165) is 17.7 Å². The highest BCUT2D eigenvalue weighted by Gasteiger charge is 2.36. The Morgan fingerprint density at radius 3 is 2.79 bits per heavy atom. The molecule has 5 nitrogen and oxygen atoms in total. The van der Waals surface area contributed by atoms with E-state index in [1.54, 1.807) is 13.2 Å². The van der Waals surface area contributed by atoms with Crippen LogP contribution in [-0.4, -0.2) is 49.7 Å². The average Bonchev–Trinajstić information content (AvgIpc) is 3.09. The van der Waals surface area contributed by atoms with Gasteiger partial charge in [0.2, 0.25) is 5.91 Å². The third kappa shape index (κ3) is 6.51. The van der Waals surface area contributed by atoms with Crippen molar-refractivity contribution in [2.45, 2.75) is 31.6 Å². The van der Waals surface area contributed by atoms with Crippen LogP contribution in [0, 0.1) is 5.82 Å². The molecule has 0 saturated carbocycles. The molecule has 0 radical (unpaired) electrons. The second-order valence-corrected chi connectivity index (χ2v) is 7.74. The molecule has 0 unspecified atom stereocenters. The molecule has 2 N–H and O–H groups in total. The fraction of sp³-hybridized carbons (Fsp3) is 0.409. The standard InChI is InChI=1S/C22H27ClFN3O2/c1-29-9-8-25-22(28)21-12-20(26-13-16-4-3-7-19(24)11-16)15-27(21)14-17-5-2-6-18(23)10-17/h2-7,10-11,20-21,26H,8-9,12-15H2,1H3,(H,25,28)/t20-,21-/m0/s1. The van der Waals surface area contributed by atoms with Crippen LogP contribution in [0.25, 0.3) is 0 Å². The van der Waals surface area contributed by atoms with E-state index in [1.165, 1.54) is 12.1 Å². The van der Waals surface area contributed by atoms with Gasteiger partial charge < -0.3 is 15.4 Å². The number of hydrogen-bond donors (Lipinski definition) is 2. The number of carbonyl (C=O) groups excluding carboxylic acids is 1. The molecular formula is C22H27ClFN3O2. The molecule has 2 atom stereocenters. The van der Waals surface area contributed by atoms with Gasteiger partial charge in [0.15, 0.2) is 0 Å². The number of halogens is 2. The minimum Gasteiger partial charge on any atom is -0.383 e. The zero-order valence-corrected chi connectivity index (χ0v) is 17.3. The van der Waals surface area contributed by atoms with Crippen LogP contribution in [0.1, 0.15) is 17.5 Å². The van der Waals surface area contributed by atoms with Gasteiger partial charge >= 0.3 is 0 Å². The first-order chi connectivity index (χ1) is 14.0. The lowest BCUT2D eigenvalue weighted by atomic mass is 10.1. The average molecular weight is 420 g/mol. The van der Waals surface area contributed by atoms with Gasteiger partial charge in [0.25, 0.3) is 0 Å². The molecule has 1 saturated heterocycles. The number of nitrogens with zero attached hydrogens (tertiary/aromatic N) is 1. The highest BCUT2D eigenvalue weighted by atomic mass is 35.5. The van der Waals surface area contributed by atoms with E-state index < -0.39 is 0 Å². The zero-order chi connectivity index (χ0) is 20.6. The number of methoxy groups -OCH3 is 1. The van der Waals surface area contributed by atoms with Crippen LogP contribution in [0.2, 0.25) is 5.02 Å². The molecule has 1 amide bonds. The van der Waals surface area contributed by atoms with Gasteiger partial charge in [-0.3, -0.25) is 9.69 Å². The van der Waals surface area contributed by atoms with Crippen LogP contribution in [0.4, 0.5) is 4.39 Å². The first-order valence-electron chi connectivity index (χ1n) is 9.78. The predicted molar refractivity (Wildman–Crippen MR) is 112 cm³/mol. The van der Waals surface area contributed by atoms with Gasteiger partial charge in [-0.1, -0.05) is 35.9 Å². The minimum absolute atomic E-state index is 0.000802. The Balaban J connectivity index is 1.64. The van der Waals surface area contributed by atoms with E-state index in [2.05, 4.69) is 15.5 Å². The van der Waals surface area contributed by atoms with Crippen molar-refractivity contribution in [3.63, 3.8) is 0 Å². The molecule has 7 heteroatoms. The van der Waals surface area contributed by atoms with Crippen molar-refractivity contribution in [3.05, 3.63) is 70.5 Å². The van der Waals surface area contributed by atoms with Crippen molar-refractivity contribution >= 4 is 17.5 Å². The summed E-state index contributed by atoms with van der Waals surface area (Å²) in [5, 5.41) is 7.09. The van der Waals surface area contributed by atoms with Gasteiger partial charge in [0, 0.05) is 44.4 Å². The molecule has 156 valence electrons. The lowest BCUT2D eigenvalue weighted by Crippen LogP contribution is -2.43.